The number of carbonyl (C=O) groups excluding carboxylic acids is 1. The van der Waals surface area contributed by atoms with Crippen molar-refractivity contribution in [3.05, 3.63) is 123 Å². The lowest BCUT2D eigenvalue weighted by Crippen LogP contribution is -2.13. The van der Waals surface area contributed by atoms with Crippen LogP contribution in [0.4, 0.5) is 5.69 Å². The Morgan fingerprint density at radius 2 is 1.62 bits per heavy atom. The summed E-state index contributed by atoms with van der Waals surface area (Å²) in [5, 5.41) is 13.2. The molecule has 8 heteroatoms. The van der Waals surface area contributed by atoms with Gasteiger partial charge in [-0.3, -0.25) is 4.79 Å². The Kier molecular flexibility index (Phi) is 9.47. The highest BCUT2D eigenvalue weighted by molar-refractivity contribution is 6.32. The molecule has 0 fully saturated rings. The molecule has 1 N–H and O–H groups in total. The van der Waals surface area contributed by atoms with E-state index >= 15 is 0 Å². The van der Waals surface area contributed by atoms with Gasteiger partial charge in [0.05, 0.1) is 12.1 Å². The van der Waals surface area contributed by atoms with Gasteiger partial charge in [0, 0.05) is 10.7 Å². The van der Waals surface area contributed by atoms with Gasteiger partial charge in [0.2, 0.25) is 0 Å². The summed E-state index contributed by atoms with van der Waals surface area (Å²) in [5.41, 5.74) is 2.84. The predicted octanol–water partition coefficient (Wildman–Crippen LogP) is 7.71. The first-order valence-electron chi connectivity index (χ1n) is 11.9. The van der Waals surface area contributed by atoms with E-state index in [1.54, 1.807) is 48.5 Å². The van der Waals surface area contributed by atoms with Gasteiger partial charge in [-0.15, -0.1) is 0 Å². The standard InChI is InChI=1S/C31H24Cl2N2O4/c1-37-29-17-23(16-28(33)30(29)39-20-22-8-5-9-25(32)15-22)14-24(18-34)31(36)35-26-10-12-27(13-11-26)38-19-21-6-3-2-4-7-21/h2-17H,19-20H2,1H3,(H,35,36)/b24-14+. The van der Waals surface area contributed by atoms with Gasteiger partial charge >= 0.3 is 0 Å². The van der Waals surface area contributed by atoms with Crippen LogP contribution in [0.25, 0.3) is 6.08 Å². The highest BCUT2D eigenvalue weighted by Gasteiger charge is 2.15. The van der Waals surface area contributed by atoms with Crippen LogP contribution in [0.5, 0.6) is 17.2 Å². The molecule has 0 saturated carbocycles. The topological polar surface area (TPSA) is 80.6 Å². The van der Waals surface area contributed by atoms with Crippen LogP contribution in [0.3, 0.4) is 0 Å². The number of ether oxygens (including phenoxy) is 3. The normalized spacial score (nSPS) is 10.9. The molecule has 1 amide bonds. The van der Waals surface area contributed by atoms with Crippen molar-refractivity contribution in [3.8, 4) is 23.3 Å². The SMILES string of the molecule is COc1cc(/C=C(\C#N)C(=O)Nc2ccc(OCc3ccccc3)cc2)cc(Cl)c1OCc1cccc(Cl)c1. The van der Waals surface area contributed by atoms with E-state index < -0.39 is 5.91 Å². The lowest BCUT2D eigenvalue weighted by molar-refractivity contribution is -0.112. The highest BCUT2D eigenvalue weighted by Crippen LogP contribution is 2.37. The van der Waals surface area contributed by atoms with Gasteiger partial charge in [-0.05, 0) is 71.3 Å². The van der Waals surface area contributed by atoms with Crippen LogP contribution in [0.2, 0.25) is 10.0 Å². The molecule has 4 aromatic carbocycles. The molecule has 0 aliphatic rings. The lowest BCUT2D eigenvalue weighted by atomic mass is 10.1. The van der Waals surface area contributed by atoms with Gasteiger partial charge in [0.25, 0.3) is 5.91 Å². The number of hydrogen-bond acceptors (Lipinski definition) is 5. The summed E-state index contributed by atoms with van der Waals surface area (Å²) < 4.78 is 17.1. The van der Waals surface area contributed by atoms with E-state index in [1.165, 1.54) is 13.2 Å². The van der Waals surface area contributed by atoms with E-state index in [1.807, 2.05) is 48.5 Å². The molecule has 0 aliphatic carbocycles. The fraction of sp³-hybridized carbons (Fsp3) is 0.0968. The number of halogens is 2. The Balaban J connectivity index is 1.42. The van der Waals surface area contributed by atoms with Crippen LogP contribution in [0.15, 0.2) is 96.6 Å². The number of anilines is 1. The van der Waals surface area contributed by atoms with Gasteiger partial charge < -0.3 is 19.5 Å². The van der Waals surface area contributed by atoms with Crippen molar-refractivity contribution in [2.45, 2.75) is 13.2 Å². The zero-order valence-corrected chi connectivity index (χ0v) is 22.5. The van der Waals surface area contributed by atoms with Crippen LogP contribution in [0, 0.1) is 11.3 Å². The minimum atomic E-state index is -0.563. The molecule has 39 heavy (non-hydrogen) atoms. The van der Waals surface area contributed by atoms with Crippen LogP contribution in [-0.4, -0.2) is 13.0 Å². The highest BCUT2D eigenvalue weighted by atomic mass is 35.5. The molecule has 4 rings (SSSR count). The van der Waals surface area contributed by atoms with E-state index in [2.05, 4.69) is 5.32 Å². The summed E-state index contributed by atoms with van der Waals surface area (Å²) >= 11 is 12.5. The summed E-state index contributed by atoms with van der Waals surface area (Å²) in [7, 11) is 1.48. The first-order valence-corrected chi connectivity index (χ1v) is 12.7. The molecule has 0 heterocycles. The van der Waals surface area contributed by atoms with Gasteiger partial charge in [0.1, 0.15) is 30.6 Å². The fourth-order valence-electron chi connectivity index (χ4n) is 3.63. The van der Waals surface area contributed by atoms with Crippen LogP contribution in [0.1, 0.15) is 16.7 Å². The number of carbonyl (C=O) groups is 1. The molecular weight excluding hydrogens is 535 g/mol. The van der Waals surface area contributed by atoms with E-state index in [-0.39, 0.29) is 17.2 Å². The van der Waals surface area contributed by atoms with Gasteiger partial charge in [0.15, 0.2) is 11.5 Å². The van der Waals surface area contributed by atoms with Crippen molar-refractivity contribution in [3.63, 3.8) is 0 Å². The zero-order chi connectivity index (χ0) is 27.6. The number of hydrogen-bond donors (Lipinski definition) is 1. The first kappa shape index (κ1) is 27.6. The van der Waals surface area contributed by atoms with Crippen LogP contribution >= 0.6 is 23.2 Å². The molecule has 6 nitrogen and oxygen atoms in total. The maximum absolute atomic E-state index is 12.8. The average molecular weight is 559 g/mol. The van der Waals surface area contributed by atoms with Crippen LogP contribution in [-0.2, 0) is 18.0 Å². The number of benzene rings is 4. The Labute approximate surface area is 237 Å². The van der Waals surface area contributed by atoms with Crippen molar-refractivity contribution in [2.24, 2.45) is 0 Å². The predicted molar refractivity (Wildman–Crippen MR) is 153 cm³/mol. The van der Waals surface area contributed by atoms with E-state index in [4.69, 9.17) is 37.4 Å². The summed E-state index contributed by atoms with van der Waals surface area (Å²) in [6.07, 6.45) is 1.43. The Hall–Kier alpha value is -4.44. The van der Waals surface area contributed by atoms with E-state index in [9.17, 15) is 10.1 Å². The second-order valence-corrected chi connectivity index (χ2v) is 9.22. The minimum Gasteiger partial charge on any atom is -0.493 e. The molecule has 0 unspecified atom stereocenters. The smallest absolute Gasteiger partial charge is 0.266 e. The van der Waals surface area contributed by atoms with E-state index in [0.29, 0.717) is 40.1 Å². The van der Waals surface area contributed by atoms with Crippen molar-refractivity contribution < 1.29 is 19.0 Å². The summed E-state index contributed by atoms with van der Waals surface area (Å²) in [5.74, 6) is 0.799. The van der Waals surface area contributed by atoms with E-state index in [0.717, 1.165) is 11.1 Å². The van der Waals surface area contributed by atoms with Crippen molar-refractivity contribution in [2.75, 3.05) is 12.4 Å². The molecule has 0 radical (unpaired) electrons. The Bertz CT molecular complexity index is 1510. The molecule has 0 aliphatic heterocycles. The average Bonchev–Trinajstić information content (AvgIpc) is 2.95. The Morgan fingerprint density at radius 1 is 0.897 bits per heavy atom. The molecule has 4 aromatic rings. The zero-order valence-electron chi connectivity index (χ0n) is 21.0. The third-order valence-corrected chi connectivity index (χ3v) is 6.08. The van der Waals surface area contributed by atoms with Crippen molar-refractivity contribution in [1.29, 1.82) is 5.26 Å². The Morgan fingerprint density at radius 3 is 2.31 bits per heavy atom. The largest absolute Gasteiger partial charge is 0.493 e. The maximum Gasteiger partial charge on any atom is 0.266 e. The molecule has 0 spiro atoms. The summed E-state index contributed by atoms with van der Waals surface area (Å²) in [4.78, 5) is 12.8. The number of methoxy groups -OCH3 is 1. The van der Waals surface area contributed by atoms with Crippen LogP contribution < -0.4 is 19.5 Å². The monoisotopic (exact) mass is 558 g/mol. The van der Waals surface area contributed by atoms with Gasteiger partial charge in [-0.1, -0.05) is 65.7 Å². The summed E-state index contributed by atoms with van der Waals surface area (Å²) in [6, 6.07) is 29.2. The minimum absolute atomic E-state index is 0.106. The lowest BCUT2D eigenvalue weighted by Gasteiger charge is -2.14. The third kappa shape index (κ3) is 7.78. The number of rotatable bonds is 10. The third-order valence-electron chi connectivity index (χ3n) is 5.56. The number of nitrogens with zero attached hydrogens (tertiary/aromatic N) is 1. The molecule has 0 aromatic heterocycles. The number of nitriles is 1. The second-order valence-electron chi connectivity index (χ2n) is 8.38. The maximum atomic E-state index is 12.8. The number of nitrogens with one attached hydrogen (secondary N) is 1. The summed E-state index contributed by atoms with van der Waals surface area (Å²) in [6.45, 7) is 0.665. The van der Waals surface area contributed by atoms with Gasteiger partial charge in [-0.2, -0.15) is 5.26 Å². The first-order chi connectivity index (χ1) is 18.9. The molecule has 0 bridgehead atoms. The molecule has 0 atom stereocenters. The van der Waals surface area contributed by atoms with Crippen molar-refractivity contribution >= 4 is 40.9 Å². The second kappa shape index (κ2) is 13.4. The fourth-order valence-corrected chi connectivity index (χ4v) is 4.12. The molecule has 196 valence electrons. The number of amides is 1. The quantitative estimate of drug-likeness (QED) is 0.159. The molecule has 0 saturated heterocycles. The van der Waals surface area contributed by atoms with Crippen molar-refractivity contribution in [1.82, 2.24) is 0 Å². The van der Waals surface area contributed by atoms with Gasteiger partial charge in [-0.25, -0.2) is 0 Å². The molecular formula is C31H24Cl2N2O4.